The van der Waals surface area contributed by atoms with Gasteiger partial charge in [-0.1, -0.05) is 19.9 Å². The van der Waals surface area contributed by atoms with E-state index in [0.29, 0.717) is 41.9 Å². The SMILES string of the molecule is Cc1ccc(NC(=O)c2ccc(N3CCC(C)CC3)c(S(=O)(=O)N3CCC(C)CC3)c2)cc1C. The molecule has 7 heteroatoms. The Morgan fingerprint density at radius 1 is 0.853 bits per heavy atom. The van der Waals surface area contributed by atoms with Crippen molar-refractivity contribution >= 4 is 27.3 Å². The molecule has 4 rings (SSSR count). The summed E-state index contributed by atoms with van der Waals surface area (Å²) < 4.78 is 29.2. The molecule has 0 bridgehead atoms. The van der Waals surface area contributed by atoms with Crippen LogP contribution in [0.1, 0.15) is 61.0 Å². The highest BCUT2D eigenvalue weighted by molar-refractivity contribution is 7.89. The summed E-state index contributed by atoms with van der Waals surface area (Å²) in [5.74, 6) is 0.873. The van der Waals surface area contributed by atoms with Crippen molar-refractivity contribution in [2.24, 2.45) is 11.8 Å². The smallest absolute Gasteiger partial charge is 0.255 e. The number of benzene rings is 2. The summed E-state index contributed by atoms with van der Waals surface area (Å²) in [6.07, 6.45) is 3.80. The average Bonchev–Trinajstić information content (AvgIpc) is 2.82. The zero-order valence-electron chi connectivity index (χ0n) is 20.8. The quantitative estimate of drug-likeness (QED) is 0.634. The number of sulfonamides is 1. The number of carbonyl (C=O) groups excluding carboxylic acids is 1. The minimum atomic E-state index is -3.71. The average molecular weight is 484 g/mol. The highest BCUT2D eigenvalue weighted by Crippen LogP contribution is 2.34. The number of anilines is 2. The van der Waals surface area contributed by atoms with Crippen molar-refractivity contribution in [3.8, 4) is 0 Å². The van der Waals surface area contributed by atoms with Crippen LogP contribution in [0.25, 0.3) is 0 Å². The van der Waals surface area contributed by atoms with Gasteiger partial charge in [0.15, 0.2) is 0 Å². The Morgan fingerprint density at radius 2 is 1.47 bits per heavy atom. The van der Waals surface area contributed by atoms with Gasteiger partial charge < -0.3 is 10.2 Å². The fourth-order valence-corrected chi connectivity index (χ4v) is 6.47. The molecule has 0 aliphatic carbocycles. The molecule has 34 heavy (non-hydrogen) atoms. The Kier molecular flexibility index (Phi) is 7.33. The van der Waals surface area contributed by atoms with Crippen molar-refractivity contribution < 1.29 is 13.2 Å². The first-order valence-corrected chi connectivity index (χ1v) is 13.9. The third-order valence-corrected chi connectivity index (χ3v) is 9.40. The lowest BCUT2D eigenvalue weighted by Gasteiger charge is -2.35. The van der Waals surface area contributed by atoms with Crippen LogP contribution in [0.15, 0.2) is 41.3 Å². The Hall–Kier alpha value is -2.38. The van der Waals surface area contributed by atoms with Gasteiger partial charge in [-0.3, -0.25) is 4.79 Å². The Bertz CT molecular complexity index is 1150. The maximum Gasteiger partial charge on any atom is 0.255 e. The number of amides is 1. The predicted molar refractivity (Wildman–Crippen MR) is 138 cm³/mol. The van der Waals surface area contributed by atoms with Crippen LogP contribution in [0.4, 0.5) is 11.4 Å². The molecule has 1 amide bonds. The number of aryl methyl sites for hydroxylation is 2. The van der Waals surface area contributed by atoms with Gasteiger partial charge in [0, 0.05) is 37.4 Å². The first-order chi connectivity index (χ1) is 16.1. The van der Waals surface area contributed by atoms with E-state index in [-0.39, 0.29) is 10.8 Å². The van der Waals surface area contributed by atoms with Crippen LogP contribution < -0.4 is 10.2 Å². The molecule has 0 aromatic heterocycles. The van der Waals surface area contributed by atoms with Gasteiger partial charge >= 0.3 is 0 Å². The normalized spacial score (nSPS) is 18.8. The number of nitrogens with zero attached hydrogens (tertiary/aromatic N) is 2. The lowest BCUT2D eigenvalue weighted by Crippen LogP contribution is -2.39. The van der Waals surface area contributed by atoms with E-state index < -0.39 is 10.0 Å². The molecule has 2 aromatic carbocycles. The highest BCUT2D eigenvalue weighted by atomic mass is 32.2. The third-order valence-electron chi connectivity index (χ3n) is 7.47. The number of carbonyl (C=O) groups is 1. The van der Waals surface area contributed by atoms with Crippen LogP contribution in [0, 0.1) is 25.7 Å². The zero-order chi connectivity index (χ0) is 24.5. The first kappa shape index (κ1) is 24.7. The zero-order valence-corrected chi connectivity index (χ0v) is 21.6. The molecule has 2 aromatic rings. The van der Waals surface area contributed by atoms with Crippen molar-refractivity contribution in [3.63, 3.8) is 0 Å². The van der Waals surface area contributed by atoms with Crippen molar-refractivity contribution in [3.05, 3.63) is 53.1 Å². The minimum Gasteiger partial charge on any atom is -0.370 e. The van der Waals surface area contributed by atoms with Crippen LogP contribution >= 0.6 is 0 Å². The van der Waals surface area contributed by atoms with E-state index in [9.17, 15) is 13.2 Å². The van der Waals surface area contributed by atoms with Gasteiger partial charge in [0.25, 0.3) is 5.91 Å². The molecule has 0 atom stereocenters. The molecule has 0 unspecified atom stereocenters. The maximum atomic E-state index is 13.8. The second-order valence-corrected chi connectivity index (χ2v) is 12.1. The molecular weight excluding hydrogens is 446 g/mol. The number of rotatable bonds is 5. The second-order valence-electron chi connectivity index (χ2n) is 10.2. The molecule has 2 heterocycles. The number of nitrogens with one attached hydrogen (secondary N) is 1. The van der Waals surface area contributed by atoms with Crippen LogP contribution in [0.2, 0.25) is 0 Å². The minimum absolute atomic E-state index is 0.254. The lowest BCUT2D eigenvalue weighted by atomic mass is 9.98. The van der Waals surface area contributed by atoms with E-state index >= 15 is 0 Å². The molecular formula is C27H37N3O3S. The Morgan fingerprint density at radius 3 is 2.09 bits per heavy atom. The van der Waals surface area contributed by atoms with E-state index in [1.54, 1.807) is 16.4 Å². The Labute approximate surface area is 204 Å². The number of hydrogen-bond acceptors (Lipinski definition) is 4. The summed E-state index contributed by atoms with van der Waals surface area (Å²) in [6.45, 7) is 11.1. The fraction of sp³-hybridized carbons (Fsp3) is 0.519. The summed E-state index contributed by atoms with van der Waals surface area (Å²) in [7, 11) is -3.71. The maximum absolute atomic E-state index is 13.8. The van der Waals surface area contributed by atoms with Crippen LogP contribution in [-0.4, -0.2) is 44.8 Å². The van der Waals surface area contributed by atoms with Crippen molar-refractivity contribution in [2.75, 3.05) is 36.4 Å². The molecule has 2 aliphatic heterocycles. The van der Waals surface area contributed by atoms with Crippen molar-refractivity contribution in [1.29, 1.82) is 0 Å². The largest absolute Gasteiger partial charge is 0.370 e. The topological polar surface area (TPSA) is 69.7 Å². The van der Waals surface area contributed by atoms with Crippen LogP contribution in [-0.2, 0) is 10.0 Å². The first-order valence-electron chi connectivity index (χ1n) is 12.4. The monoisotopic (exact) mass is 483 g/mol. The third kappa shape index (κ3) is 5.31. The van der Waals surface area contributed by atoms with Gasteiger partial charge in [0.05, 0.1) is 5.69 Å². The van der Waals surface area contributed by atoms with Gasteiger partial charge in [0.2, 0.25) is 10.0 Å². The summed E-state index contributed by atoms with van der Waals surface area (Å²) in [6, 6.07) is 10.9. The molecule has 0 saturated carbocycles. The Balaban J connectivity index is 1.68. The van der Waals surface area contributed by atoms with Gasteiger partial charge in [-0.05, 0) is 92.8 Å². The van der Waals surface area contributed by atoms with Gasteiger partial charge in [-0.15, -0.1) is 0 Å². The molecule has 2 fully saturated rings. The van der Waals surface area contributed by atoms with E-state index in [1.165, 1.54) is 0 Å². The highest BCUT2D eigenvalue weighted by Gasteiger charge is 2.32. The molecule has 2 aliphatic rings. The number of hydrogen-bond donors (Lipinski definition) is 1. The van der Waals surface area contributed by atoms with Crippen molar-refractivity contribution in [1.82, 2.24) is 4.31 Å². The summed E-state index contributed by atoms with van der Waals surface area (Å²) in [4.78, 5) is 15.5. The summed E-state index contributed by atoms with van der Waals surface area (Å²) in [5, 5.41) is 2.93. The molecule has 1 N–H and O–H groups in total. The standard InChI is InChI=1S/C27H37N3O3S/c1-19-9-13-29(14-10-19)25-8-6-23(27(31)28-24-7-5-21(3)22(4)17-24)18-26(25)34(32,33)30-15-11-20(2)12-16-30/h5-8,17-20H,9-16H2,1-4H3,(H,28,31). The summed E-state index contributed by atoms with van der Waals surface area (Å²) in [5.41, 5.74) is 4.03. The molecule has 184 valence electrons. The van der Waals surface area contributed by atoms with E-state index in [0.717, 1.165) is 49.9 Å². The van der Waals surface area contributed by atoms with Gasteiger partial charge in [-0.2, -0.15) is 4.31 Å². The number of piperidine rings is 2. The van der Waals surface area contributed by atoms with Gasteiger partial charge in [0.1, 0.15) is 4.90 Å². The van der Waals surface area contributed by atoms with Gasteiger partial charge in [-0.25, -0.2) is 8.42 Å². The lowest BCUT2D eigenvalue weighted by molar-refractivity contribution is 0.102. The fourth-order valence-electron chi connectivity index (χ4n) is 4.76. The van der Waals surface area contributed by atoms with Crippen molar-refractivity contribution in [2.45, 2.75) is 58.3 Å². The predicted octanol–water partition coefficient (Wildman–Crippen LogP) is 5.21. The van der Waals surface area contributed by atoms with Crippen LogP contribution in [0.3, 0.4) is 0 Å². The molecule has 0 radical (unpaired) electrons. The molecule has 6 nitrogen and oxygen atoms in total. The van der Waals surface area contributed by atoms with Crippen LogP contribution in [0.5, 0.6) is 0 Å². The van der Waals surface area contributed by atoms with E-state index in [1.807, 2.05) is 38.1 Å². The molecule has 0 spiro atoms. The van der Waals surface area contributed by atoms with E-state index in [2.05, 4.69) is 24.1 Å². The summed E-state index contributed by atoms with van der Waals surface area (Å²) >= 11 is 0. The second kappa shape index (κ2) is 10.1. The molecule has 2 saturated heterocycles. The van der Waals surface area contributed by atoms with E-state index in [4.69, 9.17) is 0 Å².